The van der Waals surface area contributed by atoms with Crippen molar-refractivity contribution in [3.63, 3.8) is 0 Å². The zero-order chi connectivity index (χ0) is 24.5. The molecule has 10 heteroatoms. The van der Waals surface area contributed by atoms with E-state index in [4.69, 9.17) is 25.2 Å². The van der Waals surface area contributed by atoms with Gasteiger partial charge in [0.2, 0.25) is 11.8 Å². The summed E-state index contributed by atoms with van der Waals surface area (Å²) >= 11 is 0. The number of piperidine rings is 1. The van der Waals surface area contributed by atoms with Gasteiger partial charge in [0.25, 0.3) is 5.91 Å². The van der Waals surface area contributed by atoms with Crippen molar-refractivity contribution in [2.24, 2.45) is 0 Å². The number of imide groups is 1. The Balaban J connectivity index is 1.30. The van der Waals surface area contributed by atoms with Crippen molar-refractivity contribution in [3.8, 4) is 5.75 Å². The fourth-order valence-corrected chi connectivity index (χ4v) is 4.79. The van der Waals surface area contributed by atoms with Crippen LogP contribution >= 0.6 is 0 Å². The number of carbonyl (C=O) groups excluding carboxylic acids is 3. The standard InChI is InChI=1S/C25H25B2N3O5/c26-19-11-17-18(13-30(25(17)33)20-5-6-21(31)28-24(20)32)23(22(19)27)35-14-16-3-1-15(2-4-16)12-29-7-9-34-10-8-29/h1-4,11,20H,5-10,12-14H2,(H,28,31,32). The van der Waals surface area contributed by atoms with Crippen molar-refractivity contribution in [2.75, 3.05) is 26.3 Å². The quantitative estimate of drug-likeness (QED) is 0.452. The number of benzene rings is 2. The lowest BCUT2D eigenvalue weighted by molar-refractivity contribution is -0.136. The molecule has 0 spiro atoms. The number of nitrogens with one attached hydrogen (secondary N) is 1. The Hall–Kier alpha value is -3.10. The average Bonchev–Trinajstić information content (AvgIpc) is 3.16. The molecule has 2 fully saturated rings. The van der Waals surface area contributed by atoms with Crippen LogP contribution in [0.5, 0.6) is 5.75 Å². The molecule has 176 valence electrons. The van der Waals surface area contributed by atoms with E-state index in [2.05, 4.69) is 22.3 Å². The van der Waals surface area contributed by atoms with Gasteiger partial charge in [0.05, 0.1) is 19.8 Å². The van der Waals surface area contributed by atoms with Crippen LogP contribution in [0.4, 0.5) is 0 Å². The summed E-state index contributed by atoms with van der Waals surface area (Å²) in [5, 5.41) is 2.31. The van der Waals surface area contributed by atoms with Crippen LogP contribution in [0.2, 0.25) is 0 Å². The number of fused-ring (bicyclic) bond motifs is 1. The van der Waals surface area contributed by atoms with Crippen LogP contribution in [-0.4, -0.2) is 75.6 Å². The van der Waals surface area contributed by atoms with Gasteiger partial charge in [-0.3, -0.25) is 24.6 Å². The summed E-state index contributed by atoms with van der Waals surface area (Å²) in [4.78, 5) is 40.8. The van der Waals surface area contributed by atoms with Crippen LogP contribution in [0.1, 0.15) is 39.9 Å². The van der Waals surface area contributed by atoms with Gasteiger partial charge < -0.3 is 14.4 Å². The highest BCUT2D eigenvalue weighted by Gasteiger charge is 2.40. The lowest BCUT2D eigenvalue weighted by atomic mass is 9.77. The molecule has 35 heavy (non-hydrogen) atoms. The molecule has 0 aliphatic carbocycles. The molecule has 0 aromatic heterocycles. The summed E-state index contributed by atoms with van der Waals surface area (Å²) in [5.74, 6) is -0.758. The maximum Gasteiger partial charge on any atom is 0.255 e. The highest BCUT2D eigenvalue weighted by atomic mass is 16.5. The SMILES string of the molecule is [B]c1cc2c(c(OCc3ccc(CN4CCOCC4)cc3)c1[B])CN(C1CCC(=O)NC1=O)C2=O. The van der Waals surface area contributed by atoms with E-state index in [0.717, 1.165) is 38.4 Å². The maximum absolute atomic E-state index is 13.1. The van der Waals surface area contributed by atoms with Gasteiger partial charge in [-0.15, -0.1) is 0 Å². The first kappa shape index (κ1) is 23.6. The summed E-state index contributed by atoms with van der Waals surface area (Å²) in [6.45, 7) is 4.68. The minimum absolute atomic E-state index is 0.165. The van der Waals surface area contributed by atoms with E-state index < -0.39 is 11.9 Å². The van der Waals surface area contributed by atoms with E-state index in [9.17, 15) is 14.4 Å². The van der Waals surface area contributed by atoms with Crippen LogP contribution < -0.4 is 21.0 Å². The van der Waals surface area contributed by atoms with E-state index in [1.165, 1.54) is 16.5 Å². The van der Waals surface area contributed by atoms with E-state index in [1.807, 2.05) is 12.1 Å². The molecule has 0 bridgehead atoms. The third-order valence-corrected chi connectivity index (χ3v) is 6.78. The molecule has 4 radical (unpaired) electrons. The highest BCUT2D eigenvalue weighted by Crippen LogP contribution is 2.32. The fraction of sp³-hybridized carbons (Fsp3) is 0.400. The van der Waals surface area contributed by atoms with Gasteiger partial charge in [0.15, 0.2) is 0 Å². The third kappa shape index (κ3) is 4.86. The Bertz CT molecular complexity index is 1160. The summed E-state index contributed by atoms with van der Waals surface area (Å²) in [7, 11) is 12.3. The fourth-order valence-electron chi connectivity index (χ4n) is 4.79. The number of ether oxygens (including phenoxy) is 2. The molecule has 3 heterocycles. The van der Waals surface area contributed by atoms with E-state index in [0.29, 0.717) is 16.9 Å². The zero-order valence-corrected chi connectivity index (χ0v) is 19.4. The monoisotopic (exact) mass is 469 g/mol. The zero-order valence-electron chi connectivity index (χ0n) is 19.4. The lowest BCUT2D eigenvalue weighted by Gasteiger charge is -2.29. The molecule has 1 atom stereocenters. The van der Waals surface area contributed by atoms with Gasteiger partial charge in [0.1, 0.15) is 34.1 Å². The Morgan fingerprint density at radius 1 is 1.06 bits per heavy atom. The van der Waals surface area contributed by atoms with Gasteiger partial charge in [0, 0.05) is 37.2 Å². The normalized spacial score (nSPS) is 20.6. The number of hydrogen-bond donors (Lipinski definition) is 1. The van der Waals surface area contributed by atoms with Gasteiger partial charge in [-0.1, -0.05) is 41.3 Å². The smallest absolute Gasteiger partial charge is 0.255 e. The summed E-state index contributed by atoms with van der Waals surface area (Å²) < 4.78 is 11.5. The molecule has 2 aromatic carbocycles. The van der Waals surface area contributed by atoms with Crippen molar-refractivity contribution in [1.29, 1.82) is 0 Å². The second kappa shape index (κ2) is 9.87. The van der Waals surface area contributed by atoms with Crippen molar-refractivity contribution < 1.29 is 23.9 Å². The van der Waals surface area contributed by atoms with Gasteiger partial charge >= 0.3 is 0 Å². The van der Waals surface area contributed by atoms with Gasteiger partial charge in [-0.25, -0.2) is 0 Å². The van der Waals surface area contributed by atoms with Crippen molar-refractivity contribution in [1.82, 2.24) is 15.1 Å². The first-order valence-electron chi connectivity index (χ1n) is 11.8. The van der Waals surface area contributed by atoms with Crippen LogP contribution in [0.25, 0.3) is 0 Å². The third-order valence-electron chi connectivity index (χ3n) is 6.78. The molecule has 3 amide bonds. The average molecular weight is 469 g/mol. The molecule has 1 unspecified atom stereocenters. The molecule has 3 aliphatic heterocycles. The van der Waals surface area contributed by atoms with Crippen LogP contribution in [0.3, 0.4) is 0 Å². The Kier molecular flexibility index (Phi) is 6.67. The predicted octanol–water partition coefficient (Wildman–Crippen LogP) is -0.554. The Morgan fingerprint density at radius 3 is 2.49 bits per heavy atom. The van der Waals surface area contributed by atoms with E-state index >= 15 is 0 Å². The van der Waals surface area contributed by atoms with Crippen molar-refractivity contribution >= 4 is 44.3 Å². The molecule has 5 rings (SSSR count). The Labute approximate surface area is 206 Å². The molecular formula is C25H25B2N3O5. The first-order valence-corrected chi connectivity index (χ1v) is 11.8. The van der Waals surface area contributed by atoms with E-state index in [1.54, 1.807) is 0 Å². The van der Waals surface area contributed by atoms with Crippen LogP contribution in [0, 0.1) is 0 Å². The number of nitrogens with zero attached hydrogens (tertiary/aromatic N) is 2. The van der Waals surface area contributed by atoms with E-state index in [-0.39, 0.29) is 48.7 Å². The lowest BCUT2D eigenvalue weighted by Crippen LogP contribution is -2.52. The number of hydrogen-bond acceptors (Lipinski definition) is 6. The van der Waals surface area contributed by atoms with Gasteiger partial charge in [-0.05, 0) is 17.5 Å². The largest absolute Gasteiger partial charge is 0.489 e. The molecule has 8 nitrogen and oxygen atoms in total. The van der Waals surface area contributed by atoms with Crippen molar-refractivity contribution in [3.05, 3.63) is 52.6 Å². The minimum atomic E-state index is -0.720. The predicted molar refractivity (Wildman–Crippen MR) is 130 cm³/mol. The topological polar surface area (TPSA) is 88.2 Å². The summed E-state index contributed by atoms with van der Waals surface area (Å²) in [6, 6.07) is 9.00. The second-order valence-electron chi connectivity index (χ2n) is 9.13. The van der Waals surface area contributed by atoms with Crippen LogP contribution in [0.15, 0.2) is 30.3 Å². The highest BCUT2D eigenvalue weighted by molar-refractivity contribution is 6.50. The second-order valence-corrected chi connectivity index (χ2v) is 9.13. The van der Waals surface area contributed by atoms with Crippen LogP contribution in [-0.2, 0) is 34.0 Å². The number of morpholine rings is 1. The molecule has 2 saturated heterocycles. The number of rotatable bonds is 6. The molecule has 2 aromatic rings. The molecule has 3 aliphatic rings. The molecule has 0 saturated carbocycles. The number of amides is 3. The minimum Gasteiger partial charge on any atom is -0.489 e. The van der Waals surface area contributed by atoms with Gasteiger partial charge in [-0.2, -0.15) is 0 Å². The molecular weight excluding hydrogens is 444 g/mol. The summed E-state index contributed by atoms with van der Waals surface area (Å²) in [5.41, 5.74) is 3.67. The molecule has 1 N–H and O–H groups in total. The maximum atomic E-state index is 13.1. The first-order chi connectivity index (χ1) is 16.9. The number of carbonyl (C=O) groups is 3. The Morgan fingerprint density at radius 2 is 1.77 bits per heavy atom. The van der Waals surface area contributed by atoms with Crippen molar-refractivity contribution in [2.45, 2.75) is 38.6 Å². The summed E-state index contributed by atoms with van der Waals surface area (Å²) in [6.07, 6.45) is 0.466.